The summed E-state index contributed by atoms with van der Waals surface area (Å²) in [7, 11) is 0. The lowest BCUT2D eigenvalue weighted by Crippen LogP contribution is -2.20. The lowest BCUT2D eigenvalue weighted by atomic mass is 10.1. The highest BCUT2D eigenvalue weighted by atomic mass is 79.9. The summed E-state index contributed by atoms with van der Waals surface area (Å²) in [6, 6.07) is 9.28. The highest BCUT2D eigenvalue weighted by Crippen LogP contribution is 2.30. The average molecular weight is 426 g/mol. The van der Waals surface area contributed by atoms with Gasteiger partial charge in [0.05, 0.1) is 14.7 Å². The second kappa shape index (κ2) is 7.09. The summed E-state index contributed by atoms with van der Waals surface area (Å²) < 4.78 is 7.26. The SMILES string of the molecule is Cc1cc(C)c2nc(NC(=O)COc3ccc(Cl)cc3Br)sc2c1. The fourth-order valence-corrected chi connectivity index (χ4v) is 4.17. The molecule has 1 aromatic heterocycles. The van der Waals surface area contributed by atoms with Crippen molar-refractivity contribution in [1.29, 1.82) is 0 Å². The quantitative estimate of drug-likeness (QED) is 0.613. The molecule has 0 aliphatic carbocycles. The summed E-state index contributed by atoms with van der Waals surface area (Å²) in [5.74, 6) is 0.301. The molecule has 4 nitrogen and oxygen atoms in total. The summed E-state index contributed by atoms with van der Waals surface area (Å²) in [6.07, 6.45) is 0. The van der Waals surface area contributed by atoms with Crippen LogP contribution in [0, 0.1) is 13.8 Å². The number of anilines is 1. The summed E-state index contributed by atoms with van der Waals surface area (Å²) in [6.45, 7) is 3.96. The van der Waals surface area contributed by atoms with Gasteiger partial charge in [0.2, 0.25) is 0 Å². The van der Waals surface area contributed by atoms with Crippen molar-refractivity contribution >= 4 is 60.1 Å². The minimum atomic E-state index is -0.259. The fourth-order valence-electron chi connectivity index (χ4n) is 2.31. The molecule has 0 aliphatic rings. The first-order chi connectivity index (χ1) is 11.4. The maximum absolute atomic E-state index is 12.1. The summed E-state index contributed by atoms with van der Waals surface area (Å²) in [5, 5.41) is 3.95. The van der Waals surface area contributed by atoms with E-state index in [0.717, 1.165) is 15.8 Å². The number of hydrogen-bond acceptors (Lipinski definition) is 4. The summed E-state index contributed by atoms with van der Waals surface area (Å²) >= 11 is 10.7. The van der Waals surface area contributed by atoms with Crippen LogP contribution in [0.2, 0.25) is 5.02 Å². The molecule has 0 radical (unpaired) electrons. The maximum Gasteiger partial charge on any atom is 0.264 e. The van der Waals surface area contributed by atoms with E-state index in [1.165, 1.54) is 16.9 Å². The van der Waals surface area contributed by atoms with Crippen molar-refractivity contribution in [2.45, 2.75) is 13.8 Å². The Balaban J connectivity index is 1.67. The molecule has 0 bridgehead atoms. The first-order valence-electron chi connectivity index (χ1n) is 7.18. The zero-order valence-electron chi connectivity index (χ0n) is 13.0. The number of ether oxygens (including phenoxy) is 1. The van der Waals surface area contributed by atoms with E-state index in [2.05, 4.69) is 38.4 Å². The maximum atomic E-state index is 12.1. The van der Waals surface area contributed by atoms with Gasteiger partial charge in [-0.3, -0.25) is 10.1 Å². The molecule has 0 spiro atoms. The molecule has 0 aliphatic heterocycles. The van der Waals surface area contributed by atoms with Gasteiger partial charge in [-0.05, 0) is 65.2 Å². The second-order valence-corrected chi connectivity index (χ2v) is 7.68. The molecular formula is C17H14BrClN2O2S. The van der Waals surface area contributed by atoms with Crippen LogP contribution in [0.3, 0.4) is 0 Å². The number of rotatable bonds is 4. The van der Waals surface area contributed by atoms with E-state index in [0.29, 0.717) is 20.4 Å². The molecule has 1 N–H and O–H groups in total. The number of nitrogens with zero attached hydrogens (tertiary/aromatic N) is 1. The van der Waals surface area contributed by atoms with Gasteiger partial charge in [-0.2, -0.15) is 0 Å². The molecule has 0 atom stereocenters. The minimum Gasteiger partial charge on any atom is -0.483 e. The van der Waals surface area contributed by atoms with Crippen molar-refractivity contribution in [1.82, 2.24) is 4.98 Å². The lowest BCUT2D eigenvalue weighted by Gasteiger charge is -2.07. The topological polar surface area (TPSA) is 51.2 Å². The van der Waals surface area contributed by atoms with Crippen LogP contribution in [-0.4, -0.2) is 17.5 Å². The number of carbonyl (C=O) groups excluding carboxylic acids is 1. The van der Waals surface area contributed by atoms with Gasteiger partial charge in [-0.25, -0.2) is 4.98 Å². The van der Waals surface area contributed by atoms with E-state index < -0.39 is 0 Å². The zero-order chi connectivity index (χ0) is 17.3. The Morgan fingerprint density at radius 1 is 1.33 bits per heavy atom. The van der Waals surface area contributed by atoms with Crippen molar-refractivity contribution in [3.8, 4) is 5.75 Å². The van der Waals surface area contributed by atoms with E-state index in [-0.39, 0.29) is 12.5 Å². The normalized spacial score (nSPS) is 10.8. The smallest absolute Gasteiger partial charge is 0.264 e. The molecule has 0 unspecified atom stereocenters. The molecule has 1 heterocycles. The second-order valence-electron chi connectivity index (χ2n) is 5.36. The van der Waals surface area contributed by atoms with Crippen molar-refractivity contribution in [2.75, 3.05) is 11.9 Å². The third-order valence-corrected chi connectivity index (χ3v) is 5.10. The Bertz CT molecular complexity index is 926. The van der Waals surface area contributed by atoms with E-state index in [1.54, 1.807) is 18.2 Å². The number of benzene rings is 2. The highest BCUT2D eigenvalue weighted by molar-refractivity contribution is 9.10. The van der Waals surface area contributed by atoms with Crippen molar-refractivity contribution in [3.63, 3.8) is 0 Å². The predicted molar refractivity (Wildman–Crippen MR) is 102 cm³/mol. The summed E-state index contributed by atoms with van der Waals surface area (Å²) in [4.78, 5) is 16.6. The van der Waals surface area contributed by atoms with Gasteiger partial charge in [-0.1, -0.05) is 29.0 Å². The van der Waals surface area contributed by atoms with Crippen LogP contribution in [0.1, 0.15) is 11.1 Å². The number of fused-ring (bicyclic) bond motifs is 1. The van der Waals surface area contributed by atoms with Gasteiger partial charge in [0.15, 0.2) is 11.7 Å². The van der Waals surface area contributed by atoms with Crippen LogP contribution in [0.25, 0.3) is 10.2 Å². The lowest BCUT2D eigenvalue weighted by molar-refractivity contribution is -0.118. The molecule has 2 aromatic carbocycles. The van der Waals surface area contributed by atoms with Gasteiger partial charge in [-0.15, -0.1) is 0 Å². The largest absolute Gasteiger partial charge is 0.483 e. The number of aromatic nitrogens is 1. The number of amides is 1. The van der Waals surface area contributed by atoms with E-state index in [9.17, 15) is 4.79 Å². The average Bonchev–Trinajstić information content (AvgIpc) is 2.89. The van der Waals surface area contributed by atoms with Crippen LogP contribution in [0.5, 0.6) is 5.75 Å². The Kier molecular flexibility index (Phi) is 5.08. The van der Waals surface area contributed by atoms with E-state index in [4.69, 9.17) is 16.3 Å². The van der Waals surface area contributed by atoms with Crippen LogP contribution in [0.15, 0.2) is 34.8 Å². The van der Waals surface area contributed by atoms with Crippen LogP contribution in [0.4, 0.5) is 5.13 Å². The Morgan fingerprint density at radius 3 is 2.88 bits per heavy atom. The molecule has 124 valence electrons. The fraction of sp³-hybridized carbons (Fsp3) is 0.176. The van der Waals surface area contributed by atoms with E-state index in [1.807, 2.05) is 13.8 Å². The molecule has 0 saturated heterocycles. The molecule has 3 rings (SSSR count). The standard InChI is InChI=1S/C17H14BrClN2O2S/c1-9-5-10(2)16-14(6-9)24-17(21-16)20-15(22)8-23-13-4-3-11(19)7-12(13)18/h3-7H,8H2,1-2H3,(H,20,21,22). The highest BCUT2D eigenvalue weighted by Gasteiger charge is 2.11. The van der Waals surface area contributed by atoms with Crippen molar-refractivity contribution in [2.24, 2.45) is 0 Å². The van der Waals surface area contributed by atoms with Crippen LogP contribution < -0.4 is 10.1 Å². The van der Waals surface area contributed by atoms with Crippen LogP contribution >= 0.6 is 38.9 Å². The number of halogens is 2. The third-order valence-electron chi connectivity index (χ3n) is 3.33. The molecule has 7 heteroatoms. The third kappa shape index (κ3) is 3.88. The molecule has 24 heavy (non-hydrogen) atoms. The Labute approximate surface area is 156 Å². The van der Waals surface area contributed by atoms with Crippen molar-refractivity contribution in [3.05, 3.63) is 51.0 Å². The van der Waals surface area contributed by atoms with Crippen LogP contribution in [-0.2, 0) is 4.79 Å². The predicted octanol–water partition coefficient (Wildman–Crippen LogP) is 5.35. The van der Waals surface area contributed by atoms with Gasteiger partial charge in [0.25, 0.3) is 5.91 Å². The number of nitrogens with one attached hydrogen (secondary N) is 1. The van der Waals surface area contributed by atoms with Gasteiger partial charge in [0, 0.05) is 5.02 Å². The number of hydrogen-bond donors (Lipinski definition) is 1. The minimum absolute atomic E-state index is 0.103. The number of aryl methyl sites for hydroxylation is 2. The molecule has 1 amide bonds. The van der Waals surface area contributed by atoms with Gasteiger partial charge < -0.3 is 4.74 Å². The molecular weight excluding hydrogens is 412 g/mol. The van der Waals surface area contributed by atoms with Gasteiger partial charge in [0.1, 0.15) is 5.75 Å². The first-order valence-corrected chi connectivity index (χ1v) is 9.16. The molecule has 0 fully saturated rings. The Hall–Kier alpha value is -1.63. The molecule has 0 saturated carbocycles. The summed E-state index contributed by atoms with van der Waals surface area (Å²) in [5.41, 5.74) is 3.20. The van der Waals surface area contributed by atoms with Gasteiger partial charge >= 0.3 is 0 Å². The Morgan fingerprint density at radius 2 is 2.12 bits per heavy atom. The van der Waals surface area contributed by atoms with E-state index >= 15 is 0 Å². The molecule has 3 aromatic rings. The number of carbonyl (C=O) groups is 1. The van der Waals surface area contributed by atoms with Crippen molar-refractivity contribution < 1.29 is 9.53 Å². The number of thiazole rings is 1. The monoisotopic (exact) mass is 424 g/mol. The zero-order valence-corrected chi connectivity index (χ0v) is 16.2. The first kappa shape index (κ1) is 17.2.